The zero-order valence-corrected chi connectivity index (χ0v) is 10.8. The van der Waals surface area contributed by atoms with Gasteiger partial charge in [0.2, 0.25) is 0 Å². The summed E-state index contributed by atoms with van der Waals surface area (Å²) in [5.74, 6) is 0. The van der Waals surface area contributed by atoms with Crippen LogP contribution in [0.25, 0.3) is 10.6 Å². The molecule has 0 aliphatic heterocycles. The summed E-state index contributed by atoms with van der Waals surface area (Å²) in [7, 11) is 1.87. The van der Waals surface area contributed by atoms with E-state index in [-0.39, 0.29) is 11.5 Å². The summed E-state index contributed by atoms with van der Waals surface area (Å²) in [5, 5.41) is 12.8. The van der Waals surface area contributed by atoms with Crippen LogP contribution in [0.3, 0.4) is 0 Å². The minimum atomic E-state index is -0.0268. The number of nitrogens with zero attached hydrogens (tertiary/aromatic N) is 2. The van der Waals surface area contributed by atoms with Gasteiger partial charge in [0.1, 0.15) is 5.01 Å². The Morgan fingerprint density at radius 2 is 2.24 bits per heavy atom. The van der Waals surface area contributed by atoms with Crippen molar-refractivity contribution in [1.82, 2.24) is 20.5 Å². The minimum absolute atomic E-state index is 0.0268. The lowest BCUT2D eigenvalue weighted by Crippen LogP contribution is -2.11. The van der Waals surface area contributed by atoms with E-state index in [1.807, 2.05) is 20.9 Å². The molecule has 2 rings (SSSR count). The highest BCUT2D eigenvalue weighted by atomic mass is 32.1. The number of pyridine rings is 1. The van der Waals surface area contributed by atoms with Crippen LogP contribution in [0.1, 0.15) is 23.7 Å². The molecular formula is C11H14N4OS. The molecule has 17 heavy (non-hydrogen) atoms. The number of hydrogen-bond donors (Lipinski definition) is 2. The first kappa shape index (κ1) is 11.9. The van der Waals surface area contributed by atoms with Crippen LogP contribution >= 0.6 is 11.3 Å². The van der Waals surface area contributed by atoms with Crippen molar-refractivity contribution in [1.29, 1.82) is 0 Å². The summed E-state index contributed by atoms with van der Waals surface area (Å²) in [5.41, 5.74) is 1.38. The molecule has 0 spiro atoms. The topological polar surface area (TPSA) is 70.7 Å². The second-order valence-corrected chi connectivity index (χ2v) is 4.86. The number of nitrogens with one attached hydrogen (secondary N) is 2. The zero-order valence-electron chi connectivity index (χ0n) is 9.94. The van der Waals surface area contributed by atoms with Crippen molar-refractivity contribution in [2.75, 3.05) is 7.05 Å². The Balaban J connectivity index is 2.40. The van der Waals surface area contributed by atoms with Gasteiger partial charge in [0.25, 0.3) is 0 Å². The average molecular weight is 250 g/mol. The van der Waals surface area contributed by atoms with Gasteiger partial charge in [-0.15, -0.1) is 10.2 Å². The van der Waals surface area contributed by atoms with E-state index in [2.05, 4.69) is 20.5 Å². The van der Waals surface area contributed by atoms with Gasteiger partial charge >= 0.3 is 0 Å². The molecule has 2 aromatic heterocycles. The molecule has 0 radical (unpaired) electrons. The molecular weight excluding hydrogens is 236 g/mol. The molecule has 0 aliphatic rings. The second-order valence-electron chi connectivity index (χ2n) is 3.85. The molecule has 0 aromatic carbocycles. The molecule has 5 nitrogen and oxygen atoms in total. The fourth-order valence-electron chi connectivity index (χ4n) is 1.38. The van der Waals surface area contributed by atoms with Crippen molar-refractivity contribution in [3.05, 3.63) is 33.2 Å². The van der Waals surface area contributed by atoms with Gasteiger partial charge in [-0.2, -0.15) is 0 Å². The van der Waals surface area contributed by atoms with Crippen LogP contribution in [-0.4, -0.2) is 22.2 Å². The fourth-order valence-corrected chi connectivity index (χ4v) is 2.31. The predicted octanol–water partition coefficient (Wildman–Crippen LogP) is 1.48. The fraction of sp³-hybridized carbons (Fsp3) is 0.364. The Kier molecular flexibility index (Phi) is 3.35. The molecule has 0 bridgehead atoms. The monoisotopic (exact) mass is 250 g/mol. The van der Waals surface area contributed by atoms with Crippen molar-refractivity contribution < 1.29 is 0 Å². The van der Waals surface area contributed by atoms with Gasteiger partial charge < -0.3 is 10.3 Å². The Bertz CT molecular complexity index is 575. The van der Waals surface area contributed by atoms with Crippen LogP contribution in [0.4, 0.5) is 0 Å². The molecule has 0 fully saturated rings. The minimum Gasteiger partial charge on any atom is -0.364 e. The maximum atomic E-state index is 11.8. The summed E-state index contributed by atoms with van der Waals surface area (Å²) >= 11 is 1.43. The first-order valence-corrected chi connectivity index (χ1v) is 6.14. The molecule has 1 unspecified atom stereocenters. The van der Waals surface area contributed by atoms with E-state index in [0.29, 0.717) is 10.6 Å². The summed E-state index contributed by atoms with van der Waals surface area (Å²) < 4.78 is 0. The molecule has 2 aromatic rings. The third kappa shape index (κ3) is 2.42. The standard InChI is InChI=1S/C11H14N4OS/c1-6-4-9(16)8(5-13-6)11-15-14-10(17-11)7(2)12-3/h4-5,7,12H,1-3H3,(H,13,16). The smallest absolute Gasteiger partial charge is 0.192 e. The molecule has 1 atom stereocenters. The van der Waals surface area contributed by atoms with Gasteiger partial charge in [-0.1, -0.05) is 11.3 Å². The predicted molar refractivity (Wildman–Crippen MR) is 68.2 cm³/mol. The summed E-state index contributed by atoms with van der Waals surface area (Å²) in [4.78, 5) is 14.8. The van der Waals surface area contributed by atoms with Crippen LogP contribution in [-0.2, 0) is 0 Å². The van der Waals surface area contributed by atoms with Gasteiger partial charge in [-0.05, 0) is 20.9 Å². The average Bonchev–Trinajstić information content (AvgIpc) is 2.77. The third-order valence-electron chi connectivity index (χ3n) is 2.53. The molecule has 2 N–H and O–H groups in total. The van der Waals surface area contributed by atoms with E-state index in [4.69, 9.17) is 0 Å². The van der Waals surface area contributed by atoms with Gasteiger partial charge in [0.05, 0.1) is 11.6 Å². The van der Waals surface area contributed by atoms with Crippen molar-refractivity contribution >= 4 is 11.3 Å². The first-order chi connectivity index (χ1) is 8.11. The van der Waals surface area contributed by atoms with Gasteiger partial charge in [-0.3, -0.25) is 4.79 Å². The summed E-state index contributed by atoms with van der Waals surface area (Å²) in [6, 6.07) is 1.71. The highest BCUT2D eigenvalue weighted by molar-refractivity contribution is 7.14. The van der Waals surface area contributed by atoms with E-state index in [0.717, 1.165) is 10.7 Å². The van der Waals surface area contributed by atoms with E-state index in [1.165, 1.54) is 11.3 Å². The van der Waals surface area contributed by atoms with Crippen molar-refractivity contribution in [3.63, 3.8) is 0 Å². The highest BCUT2D eigenvalue weighted by Crippen LogP contribution is 2.23. The summed E-state index contributed by atoms with van der Waals surface area (Å²) in [6.45, 7) is 3.85. The molecule has 0 saturated heterocycles. The Labute approximate surface area is 103 Å². The van der Waals surface area contributed by atoms with Gasteiger partial charge in [0, 0.05) is 18.0 Å². The Morgan fingerprint density at radius 3 is 2.88 bits per heavy atom. The number of aryl methyl sites for hydroxylation is 1. The van der Waals surface area contributed by atoms with Crippen LogP contribution < -0.4 is 10.7 Å². The number of aromatic nitrogens is 3. The lowest BCUT2D eigenvalue weighted by Gasteiger charge is -2.02. The lowest BCUT2D eigenvalue weighted by molar-refractivity contribution is 0.640. The quantitative estimate of drug-likeness (QED) is 0.865. The maximum Gasteiger partial charge on any atom is 0.192 e. The number of hydrogen-bond acceptors (Lipinski definition) is 5. The van der Waals surface area contributed by atoms with Crippen molar-refractivity contribution in [2.45, 2.75) is 19.9 Å². The van der Waals surface area contributed by atoms with Crippen LogP contribution in [0.5, 0.6) is 0 Å². The first-order valence-electron chi connectivity index (χ1n) is 5.32. The zero-order chi connectivity index (χ0) is 12.4. The van der Waals surface area contributed by atoms with E-state index < -0.39 is 0 Å². The molecule has 90 valence electrons. The third-order valence-corrected chi connectivity index (χ3v) is 3.67. The summed E-state index contributed by atoms with van der Waals surface area (Å²) in [6.07, 6.45) is 1.69. The highest BCUT2D eigenvalue weighted by Gasteiger charge is 2.13. The molecule has 0 saturated carbocycles. The molecule has 0 amide bonds. The normalized spacial score (nSPS) is 12.6. The maximum absolute atomic E-state index is 11.8. The van der Waals surface area contributed by atoms with Gasteiger partial charge in [0.15, 0.2) is 10.4 Å². The largest absolute Gasteiger partial charge is 0.364 e. The van der Waals surface area contributed by atoms with Crippen LogP contribution in [0.2, 0.25) is 0 Å². The van der Waals surface area contributed by atoms with E-state index in [9.17, 15) is 4.79 Å². The molecule has 0 aliphatic carbocycles. The SMILES string of the molecule is CNC(C)c1nnc(-c2c[nH]c(C)cc2=O)s1. The van der Waals surface area contributed by atoms with Crippen molar-refractivity contribution in [3.8, 4) is 10.6 Å². The van der Waals surface area contributed by atoms with Crippen LogP contribution in [0.15, 0.2) is 17.1 Å². The molecule has 6 heteroatoms. The number of H-pyrrole nitrogens is 1. The second kappa shape index (κ2) is 4.77. The van der Waals surface area contributed by atoms with Crippen LogP contribution in [0, 0.1) is 6.92 Å². The number of aromatic amines is 1. The Hall–Kier alpha value is -1.53. The van der Waals surface area contributed by atoms with E-state index >= 15 is 0 Å². The van der Waals surface area contributed by atoms with E-state index in [1.54, 1.807) is 12.3 Å². The van der Waals surface area contributed by atoms with Gasteiger partial charge in [-0.25, -0.2) is 0 Å². The number of rotatable bonds is 3. The lowest BCUT2D eigenvalue weighted by atomic mass is 10.2. The molecule has 2 heterocycles. The van der Waals surface area contributed by atoms with Crippen molar-refractivity contribution in [2.24, 2.45) is 0 Å². The Morgan fingerprint density at radius 1 is 1.47 bits per heavy atom.